The van der Waals surface area contributed by atoms with Crippen LogP contribution in [0.2, 0.25) is 0 Å². The van der Waals surface area contributed by atoms with Crippen molar-refractivity contribution in [3.63, 3.8) is 0 Å². The minimum Gasteiger partial charge on any atom is -0.258 e. The first-order valence-corrected chi connectivity index (χ1v) is 4.70. The number of nitrogens with zero attached hydrogens (tertiary/aromatic N) is 3. The van der Waals surface area contributed by atoms with Crippen molar-refractivity contribution in [1.29, 1.82) is 5.26 Å². The standard InChI is InChI=1S/C10H9N3O2/c11-7-10(4-1-5-10)9-3-2-8(6-12-9)13(14)15/h2-3,6H,1,4-5H2. The lowest BCUT2D eigenvalue weighted by Gasteiger charge is -2.34. The third-order valence-corrected chi connectivity index (χ3v) is 2.87. The zero-order valence-electron chi connectivity index (χ0n) is 8.01. The van der Waals surface area contributed by atoms with Crippen molar-refractivity contribution in [3.8, 4) is 6.07 Å². The first-order chi connectivity index (χ1) is 7.18. The summed E-state index contributed by atoms with van der Waals surface area (Å²) in [6.45, 7) is 0. The van der Waals surface area contributed by atoms with E-state index in [1.54, 1.807) is 6.07 Å². The number of pyridine rings is 1. The lowest BCUT2D eigenvalue weighted by Crippen LogP contribution is -2.33. The molecule has 1 aliphatic carbocycles. The van der Waals surface area contributed by atoms with Gasteiger partial charge in [-0.1, -0.05) is 0 Å². The minimum absolute atomic E-state index is 0.0360. The van der Waals surface area contributed by atoms with E-state index in [9.17, 15) is 10.1 Å². The van der Waals surface area contributed by atoms with E-state index in [-0.39, 0.29) is 5.69 Å². The molecule has 1 heterocycles. The van der Waals surface area contributed by atoms with E-state index in [2.05, 4.69) is 11.1 Å². The highest BCUT2D eigenvalue weighted by atomic mass is 16.6. The van der Waals surface area contributed by atoms with Crippen LogP contribution < -0.4 is 0 Å². The first kappa shape index (κ1) is 9.59. The molecule has 0 spiro atoms. The van der Waals surface area contributed by atoms with Crippen LogP contribution in [0.1, 0.15) is 25.0 Å². The second-order valence-electron chi connectivity index (χ2n) is 3.71. The predicted octanol–water partition coefficient (Wildman–Crippen LogP) is 1.94. The van der Waals surface area contributed by atoms with Crippen molar-refractivity contribution in [3.05, 3.63) is 34.1 Å². The van der Waals surface area contributed by atoms with Crippen LogP contribution in [0.15, 0.2) is 18.3 Å². The Labute approximate surface area is 86.5 Å². The van der Waals surface area contributed by atoms with Gasteiger partial charge in [-0.2, -0.15) is 5.26 Å². The second-order valence-corrected chi connectivity index (χ2v) is 3.71. The van der Waals surface area contributed by atoms with Crippen LogP contribution in [0.25, 0.3) is 0 Å². The summed E-state index contributed by atoms with van der Waals surface area (Å²) in [5.74, 6) is 0. The Morgan fingerprint density at radius 3 is 2.60 bits per heavy atom. The van der Waals surface area contributed by atoms with Gasteiger partial charge in [0.05, 0.1) is 22.1 Å². The SMILES string of the molecule is N#CC1(c2ccc([N+](=O)[O-])cn2)CCC1. The molecule has 1 aliphatic rings. The molecule has 5 heteroatoms. The van der Waals surface area contributed by atoms with Gasteiger partial charge >= 0.3 is 0 Å². The highest BCUT2D eigenvalue weighted by Crippen LogP contribution is 2.42. The normalized spacial score (nSPS) is 17.5. The van der Waals surface area contributed by atoms with E-state index in [1.807, 2.05) is 0 Å². The third-order valence-electron chi connectivity index (χ3n) is 2.87. The van der Waals surface area contributed by atoms with E-state index in [0.29, 0.717) is 5.69 Å². The van der Waals surface area contributed by atoms with E-state index in [1.165, 1.54) is 12.3 Å². The number of nitro groups is 1. The Hall–Kier alpha value is -1.96. The second kappa shape index (κ2) is 3.31. The van der Waals surface area contributed by atoms with Gasteiger partial charge in [0, 0.05) is 6.07 Å². The highest BCUT2D eigenvalue weighted by Gasteiger charge is 2.40. The molecule has 5 nitrogen and oxygen atoms in total. The average molecular weight is 203 g/mol. The summed E-state index contributed by atoms with van der Waals surface area (Å²) in [5.41, 5.74) is 0.128. The van der Waals surface area contributed by atoms with Gasteiger partial charge in [0.2, 0.25) is 0 Å². The van der Waals surface area contributed by atoms with Crippen molar-refractivity contribution in [2.75, 3.05) is 0 Å². The zero-order valence-corrected chi connectivity index (χ0v) is 8.01. The maximum atomic E-state index is 10.4. The molecular formula is C10H9N3O2. The van der Waals surface area contributed by atoms with E-state index < -0.39 is 10.3 Å². The largest absolute Gasteiger partial charge is 0.287 e. The number of hydrogen-bond acceptors (Lipinski definition) is 4. The highest BCUT2D eigenvalue weighted by molar-refractivity contribution is 5.35. The van der Waals surface area contributed by atoms with Gasteiger partial charge in [-0.05, 0) is 25.3 Å². The zero-order chi connectivity index (χ0) is 10.9. The molecule has 15 heavy (non-hydrogen) atoms. The van der Waals surface area contributed by atoms with Crippen LogP contribution in [0.5, 0.6) is 0 Å². The first-order valence-electron chi connectivity index (χ1n) is 4.70. The van der Waals surface area contributed by atoms with Gasteiger partial charge < -0.3 is 0 Å². The molecule has 1 aromatic heterocycles. The molecule has 1 fully saturated rings. The van der Waals surface area contributed by atoms with Crippen molar-refractivity contribution in [2.45, 2.75) is 24.7 Å². The summed E-state index contributed by atoms with van der Waals surface area (Å²) >= 11 is 0. The number of aromatic nitrogens is 1. The molecule has 0 bridgehead atoms. The lowest BCUT2D eigenvalue weighted by atomic mass is 9.67. The minimum atomic E-state index is -0.491. The summed E-state index contributed by atoms with van der Waals surface area (Å²) in [7, 11) is 0. The van der Waals surface area contributed by atoms with E-state index >= 15 is 0 Å². The fraction of sp³-hybridized carbons (Fsp3) is 0.400. The van der Waals surface area contributed by atoms with E-state index in [4.69, 9.17) is 5.26 Å². The van der Waals surface area contributed by atoms with Crippen molar-refractivity contribution in [1.82, 2.24) is 4.98 Å². The summed E-state index contributed by atoms with van der Waals surface area (Å²) in [6, 6.07) is 5.23. The topological polar surface area (TPSA) is 79.8 Å². The van der Waals surface area contributed by atoms with Crippen molar-refractivity contribution < 1.29 is 4.92 Å². The Bertz CT molecular complexity index is 429. The molecule has 0 aliphatic heterocycles. The fourth-order valence-electron chi connectivity index (χ4n) is 1.73. The molecule has 2 rings (SSSR count). The van der Waals surface area contributed by atoms with Gasteiger partial charge in [0.1, 0.15) is 6.20 Å². The summed E-state index contributed by atoms with van der Waals surface area (Å²) < 4.78 is 0. The monoisotopic (exact) mass is 203 g/mol. The van der Waals surface area contributed by atoms with Crippen LogP contribution >= 0.6 is 0 Å². The van der Waals surface area contributed by atoms with Crippen LogP contribution in [0, 0.1) is 21.4 Å². The van der Waals surface area contributed by atoms with Crippen molar-refractivity contribution >= 4 is 5.69 Å². The molecule has 1 aromatic rings. The number of hydrogen-bond donors (Lipinski definition) is 0. The Morgan fingerprint density at radius 1 is 1.53 bits per heavy atom. The summed E-state index contributed by atoms with van der Waals surface area (Å²) in [5, 5.41) is 19.5. The molecule has 0 aromatic carbocycles. The molecule has 76 valence electrons. The molecule has 0 saturated heterocycles. The van der Waals surface area contributed by atoms with Crippen LogP contribution in [0.3, 0.4) is 0 Å². The summed E-state index contributed by atoms with van der Waals surface area (Å²) in [4.78, 5) is 13.9. The molecule has 0 atom stereocenters. The molecule has 1 saturated carbocycles. The fourth-order valence-corrected chi connectivity index (χ4v) is 1.73. The predicted molar refractivity (Wildman–Crippen MR) is 52.0 cm³/mol. The van der Waals surface area contributed by atoms with Crippen LogP contribution in [-0.4, -0.2) is 9.91 Å². The molecule has 0 amide bonds. The molecule has 0 N–H and O–H groups in total. The van der Waals surface area contributed by atoms with Gasteiger partial charge in [-0.25, -0.2) is 0 Å². The van der Waals surface area contributed by atoms with Crippen LogP contribution in [0.4, 0.5) is 5.69 Å². The lowest BCUT2D eigenvalue weighted by molar-refractivity contribution is -0.385. The quantitative estimate of drug-likeness (QED) is 0.543. The Kier molecular flexibility index (Phi) is 2.12. The smallest absolute Gasteiger partial charge is 0.258 e. The van der Waals surface area contributed by atoms with Gasteiger partial charge in [-0.3, -0.25) is 15.1 Å². The third kappa shape index (κ3) is 1.44. The van der Waals surface area contributed by atoms with Crippen LogP contribution in [-0.2, 0) is 5.41 Å². The Morgan fingerprint density at radius 2 is 2.27 bits per heavy atom. The Balaban J connectivity index is 2.32. The average Bonchev–Trinajstić information content (AvgIpc) is 2.18. The van der Waals surface area contributed by atoms with Crippen molar-refractivity contribution in [2.24, 2.45) is 0 Å². The number of nitriles is 1. The number of rotatable bonds is 2. The van der Waals surface area contributed by atoms with Gasteiger partial charge in [0.25, 0.3) is 5.69 Å². The molecule has 0 unspecified atom stereocenters. The summed E-state index contributed by atoms with van der Waals surface area (Å²) in [6.07, 6.45) is 3.83. The molecule has 0 radical (unpaired) electrons. The molecular weight excluding hydrogens is 194 g/mol. The van der Waals surface area contributed by atoms with E-state index in [0.717, 1.165) is 19.3 Å². The van der Waals surface area contributed by atoms with Gasteiger partial charge in [0.15, 0.2) is 0 Å². The maximum Gasteiger partial charge on any atom is 0.287 e. The van der Waals surface area contributed by atoms with Gasteiger partial charge in [-0.15, -0.1) is 0 Å². The maximum absolute atomic E-state index is 10.4.